The Kier molecular flexibility index (Phi) is 5.43. The molecule has 3 heteroatoms. The van der Waals surface area contributed by atoms with Gasteiger partial charge in [0.2, 0.25) is 0 Å². The van der Waals surface area contributed by atoms with Crippen molar-refractivity contribution in [2.24, 2.45) is 0 Å². The van der Waals surface area contributed by atoms with Crippen LogP contribution in [0.4, 0.5) is 0 Å². The highest BCUT2D eigenvalue weighted by Gasteiger charge is 2.20. The first kappa shape index (κ1) is 15.0. The molecule has 106 valence electrons. The van der Waals surface area contributed by atoms with Crippen LogP contribution in [0.1, 0.15) is 44.7 Å². The Labute approximate surface area is 125 Å². The highest BCUT2D eigenvalue weighted by atomic mass is 79.9. The zero-order chi connectivity index (χ0) is 13.8. The maximum Gasteiger partial charge on any atom is 0.0247 e. The molecule has 1 aromatic carbocycles. The lowest BCUT2D eigenvalue weighted by molar-refractivity contribution is 0.224. The van der Waals surface area contributed by atoms with Crippen molar-refractivity contribution in [1.82, 2.24) is 10.2 Å². The van der Waals surface area contributed by atoms with Crippen molar-refractivity contribution < 1.29 is 0 Å². The van der Waals surface area contributed by atoms with Crippen LogP contribution >= 0.6 is 15.9 Å². The second kappa shape index (κ2) is 6.87. The van der Waals surface area contributed by atoms with Gasteiger partial charge in [0.15, 0.2) is 0 Å². The first-order valence-electron chi connectivity index (χ1n) is 7.35. The van der Waals surface area contributed by atoms with E-state index in [1.165, 1.54) is 28.4 Å². The van der Waals surface area contributed by atoms with Crippen LogP contribution in [0.2, 0.25) is 0 Å². The SMILES string of the molecule is CCN(Cc1ccc(CNC2CC2)cc1Br)C(C)C. The standard InChI is InChI=1S/C16H25BrN2/c1-4-19(12(2)3)11-14-6-5-13(9-16(14)17)10-18-15-7-8-15/h5-6,9,12,15,18H,4,7-8,10-11H2,1-3H3. The summed E-state index contributed by atoms with van der Waals surface area (Å²) in [5.74, 6) is 0. The van der Waals surface area contributed by atoms with E-state index in [2.05, 4.69) is 65.1 Å². The lowest BCUT2D eigenvalue weighted by Gasteiger charge is -2.25. The molecule has 19 heavy (non-hydrogen) atoms. The third-order valence-electron chi connectivity index (χ3n) is 3.80. The van der Waals surface area contributed by atoms with Crippen molar-refractivity contribution in [3.05, 3.63) is 33.8 Å². The van der Waals surface area contributed by atoms with Crippen molar-refractivity contribution in [2.75, 3.05) is 6.54 Å². The first-order valence-corrected chi connectivity index (χ1v) is 8.14. The summed E-state index contributed by atoms with van der Waals surface area (Å²) in [5, 5.41) is 3.56. The fourth-order valence-electron chi connectivity index (χ4n) is 2.26. The molecule has 0 aromatic heterocycles. The lowest BCUT2D eigenvalue weighted by Crippen LogP contribution is -2.30. The van der Waals surface area contributed by atoms with E-state index in [0.29, 0.717) is 6.04 Å². The van der Waals surface area contributed by atoms with Gasteiger partial charge < -0.3 is 5.32 Å². The molecule has 1 aromatic rings. The highest BCUT2D eigenvalue weighted by molar-refractivity contribution is 9.10. The molecule has 0 aliphatic heterocycles. The molecule has 1 N–H and O–H groups in total. The first-order chi connectivity index (χ1) is 9.10. The lowest BCUT2D eigenvalue weighted by atomic mass is 10.1. The summed E-state index contributed by atoms with van der Waals surface area (Å²) in [6.07, 6.45) is 2.69. The Morgan fingerprint density at radius 1 is 1.37 bits per heavy atom. The van der Waals surface area contributed by atoms with Crippen LogP contribution in [0.15, 0.2) is 22.7 Å². The van der Waals surface area contributed by atoms with Gasteiger partial charge in [0.05, 0.1) is 0 Å². The predicted molar refractivity (Wildman–Crippen MR) is 85.2 cm³/mol. The molecule has 1 saturated carbocycles. The Balaban J connectivity index is 1.96. The van der Waals surface area contributed by atoms with Crippen LogP contribution in [-0.4, -0.2) is 23.5 Å². The van der Waals surface area contributed by atoms with E-state index < -0.39 is 0 Å². The fraction of sp³-hybridized carbons (Fsp3) is 0.625. The topological polar surface area (TPSA) is 15.3 Å². The van der Waals surface area contributed by atoms with Gasteiger partial charge in [-0.2, -0.15) is 0 Å². The average Bonchev–Trinajstić information content (AvgIpc) is 3.19. The van der Waals surface area contributed by atoms with E-state index in [0.717, 1.165) is 25.7 Å². The third kappa shape index (κ3) is 4.59. The predicted octanol–water partition coefficient (Wildman–Crippen LogP) is 3.93. The molecule has 0 atom stereocenters. The molecule has 0 saturated heterocycles. The summed E-state index contributed by atoms with van der Waals surface area (Å²) < 4.78 is 1.24. The highest BCUT2D eigenvalue weighted by Crippen LogP contribution is 2.23. The van der Waals surface area contributed by atoms with Crippen molar-refractivity contribution >= 4 is 15.9 Å². The summed E-state index contributed by atoms with van der Waals surface area (Å²) in [4.78, 5) is 2.47. The smallest absolute Gasteiger partial charge is 0.0247 e. The number of nitrogens with zero attached hydrogens (tertiary/aromatic N) is 1. The van der Waals surface area contributed by atoms with Gasteiger partial charge in [-0.05, 0) is 50.4 Å². The van der Waals surface area contributed by atoms with E-state index in [9.17, 15) is 0 Å². The van der Waals surface area contributed by atoms with Gasteiger partial charge in [-0.25, -0.2) is 0 Å². The van der Waals surface area contributed by atoms with Crippen LogP contribution in [0.5, 0.6) is 0 Å². The molecule has 1 fully saturated rings. The molecule has 0 spiro atoms. The van der Waals surface area contributed by atoms with E-state index in [4.69, 9.17) is 0 Å². The number of hydrogen-bond acceptors (Lipinski definition) is 2. The van der Waals surface area contributed by atoms with Crippen LogP contribution in [0.3, 0.4) is 0 Å². The van der Waals surface area contributed by atoms with Gasteiger partial charge in [0.1, 0.15) is 0 Å². The largest absolute Gasteiger partial charge is 0.310 e. The summed E-state index contributed by atoms with van der Waals surface area (Å²) in [5.41, 5.74) is 2.75. The van der Waals surface area contributed by atoms with Crippen molar-refractivity contribution in [1.29, 1.82) is 0 Å². The van der Waals surface area contributed by atoms with E-state index in [-0.39, 0.29) is 0 Å². The van der Waals surface area contributed by atoms with Crippen molar-refractivity contribution in [2.45, 2.75) is 58.8 Å². The summed E-state index contributed by atoms with van der Waals surface area (Å²) in [6.45, 7) is 9.84. The van der Waals surface area contributed by atoms with Gasteiger partial charge >= 0.3 is 0 Å². The maximum absolute atomic E-state index is 3.72. The summed E-state index contributed by atoms with van der Waals surface area (Å²) in [7, 11) is 0. The minimum Gasteiger partial charge on any atom is -0.310 e. The van der Waals surface area contributed by atoms with Gasteiger partial charge in [-0.15, -0.1) is 0 Å². The van der Waals surface area contributed by atoms with Gasteiger partial charge in [-0.1, -0.05) is 35.0 Å². The van der Waals surface area contributed by atoms with Crippen LogP contribution < -0.4 is 5.32 Å². The monoisotopic (exact) mass is 324 g/mol. The van der Waals surface area contributed by atoms with Crippen LogP contribution in [0, 0.1) is 0 Å². The minimum absolute atomic E-state index is 0.591. The van der Waals surface area contributed by atoms with Crippen molar-refractivity contribution in [3.63, 3.8) is 0 Å². The van der Waals surface area contributed by atoms with E-state index >= 15 is 0 Å². The third-order valence-corrected chi connectivity index (χ3v) is 4.54. The number of benzene rings is 1. The molecule has 1 aliphatic rings. The van der Waals surface area contributed by atoms with E-state index in [1.807, 2.05) is 0 Å². The number of nitrogens with one attached hydrogen (secondary N) is 1. The zero-order valence-corrected chi connectivity index (χ0v) is 13.8. The number of hydrogen-bond donors (Lipinski definition) is 1. The second-order valence-electron chi connectivity index (χ2n) is 5.74. The Morgan fingerprint density at radius 2 is 2.11 bits per heavy atom. The van der Waals surface area contributed by atoms with Gasteiger partial charge in [0.25, 0.3) is 0 Å². The Hall–Kier alpha value is -0.380. The second-order valence-corrected chi connectivity index (χ2v) is 6.59. The molecule has 1 aliphatic carbocycles. The average molecular weight is 325 g/mol. The molecular formula is C16H25BrN2. The minimum atomic E-state index is 0.591. The maximum atomic E-state index is 3.72. The molecule has 0 bridgehead atoms. The van der Waals surface area contributed by atoms with Crippen molar-refractivity contribution in [3.8, 4) is 0 Å². The zero-order valence-electron chi connectivity index (χ0n) is 12.2. The quantitative estimate of drug-likeness (QED) is 0.817. The number of halogens is 1. The van der Waals surface area contributed by atoms with Gasteiger partial charge in [-0.3, -0.25) is 4.90 Å². The van der Waals surface area contributed by atoms with E-state index in [1.54, 1.807) is 0 Å². The molecule has 0 radical (unpaired) electrons. The Morgan fingerprint density at radius 3 is 2.63 bits per heavy atom. The molecule has 0 unspecified atom stereocenters. The number of rotatable bonds is 7. The molecule has 2 rings (SSSR count). The summed E-state index contributed by atoms with van der Waals surface area (Å²) >= 11 is 3.72. The van der Waals surface area contributed by atoms with Crippen LogP contribution in [0.25, 0.3) is 0 Å². The molecule has 0 heterocycles. The fourth-order valence-corrected chi connectivity index (χ4v) is 2.81. The normalized spacial score (nSPS) is 15.5. The Bertz CT molecular complexity index is 413. The summed E-state index contributed by atoms with van der Waals surface area (Å²) in [6, 6.07) is 8.14. The van der Waals surface area contributed by atoms with Crippen LogP contribution in [-0.2, 0) is 13.1 Å². The van der Waals surface area contributed by atoms with Gasteiger partial charge in [0, 0.05) is 29.6 Å². The molecule has 2 nitrogen and oxygen atoms in total. The molecule has 0 amide bonds. The molecular weight excluding hydrogens is 300 g/mol.